The van der Waals surface area contributed by atoms with Crippen molar-refractivity contribution < 1.29 is 4.39 Å². The van der Waals surface area contributed by atoms with Crippen molar-refractivity contribution in [2.24, 2.45) is 0 Å². The number of hydrogen-bond donors (Lipinski definition) is 3. The van der Waals surface area contributed by atoms with E-state index in [1.165, 1.54) is 12.1 Å². The molecule has 3 N–H and O–H groups in total. The molecule has 0 saturated carbocycles. The van der Waals surface area contributed by atoms with Crippen molar-refractivity contribution in [1.29, 1.82) is 0 Å². The first-order valence-electron chi connectivity index (χ1n) is 5.32. The van der Waals surface area contributed by atoms with Crippen LogP contribution in [0.3, 0.4) is 0 Å². The van der Waals surface area contributed by atoms with Crippen LogP contribution in [0.4, 0.5) is 10.2 Å². The molecular weight excluding hydrogens is 239 g/mol. The average Bonchev–Trinajstić information content (AvgIpc) is 2.34. The van der Waals surface area contributed by atoms with Gasteiger partial charge < -0.3 is 5.32 Å². The molecule has 1 heterocycles. The van der Waals surface area contributed by atoms with Crippen LogP contribution in [-0.4, -0.2) is 21.7 Å². The van der Waals surface area contributed by atoms with Crippen molar-refractivity contribution in [3.05, 3.63) is 56.5 Å². The molecule has 0 radical (unpaired) electrons. The van der Waals surface area contributed by atoms with Crippen LogP contribution in [-0.2, 0) is 6.42 Å². The number of halogens is 1. The molecule has 0 bridgehead atoms. The maximum absolute atomic E-state index is 12.7. The number of aromatic nitrogens is 3. The molecule has 0 atom stereocenters. The largest absolute Gasteiger partial charge is 0.364 e. The Bertz CT molecular complexity index is 632. The summed E-state index contributed by atoms with van der Waals surface area (Å²) in [4.78, 5) is 24.1. The first kappa shape index (κ1) is 12.0. The molecule has 0 amide bonds. The Balaban J connectivity index is 1.94. The number of anilines is 1. The molecule has 0 saturated heterocycles. The van der Waals surface area contributed by atoms with Gasteiger partial charge >= 0.3 is 5.69 Å². The van der Waals surface area contributed by atoms with Crippen LogP contribution in [0.25, 0.3) is 0 Å². The number of benzene rings is 1. The van der Waals surface area contributed by atoms with Crippen LogP contribution >= 0.6 is 0 Å². The van der Waals surface area contributed by atoms with Gasteiger partial charge in [0.05, 0.1) is 0 Å². The molecule has 0 spiro atoms. The fraction of sp³-hybridized carbons (Fsp3) is 0.182. The zero-order valence-electron chi connectivity index (χ0n) is 9.37. The van der Waals surface area contributed by atoms with E-state index in [4.69, 9.17) is 0 Å². The molecule has 18 heavy (non-hydrogen) atoms. The van der Waals surface area contributed by atoms with Gasteiger partial charge in [0, 0.05) is 6.54 Å². The average molecular weight is 250 g/mol. The third kappa shape index (κ3) is 3.03. The van der Waals surface area contributed by atoms with Gasteiger partial charge in [0.1, 0.15) is 5.82 Å². The SMILES string of the molecule is O=c1[nH]nc(NCCc2ccc(F)cc2)c(=O)[nH]1. The summed E-state index contributed by atoms with van der Waals surface area (Å²) < 4.78 is 12.7. The summed E-state index contributed by atoms with van der Waals surface area (Å²) in [6.45, 7) is 0.452. The zero-order valence-corrected chi connectivity index (χ0v) is 9.37. The molecule has 1 aromatic carbocycles. The van der Waals surface area contributed by atoms with Crippen LogP contribution < -0.4 is 16.6 Å². The van der Waals surface area contributed by atoms with Crippen molar-refractivity contribution in [3.63, 3.8) is 0 Å². The molecule has 0 aliphatic heterocycles. The summed E-state index contributed by atoms with van der Waals surface area (Å²) >= 11 is 0. The fourth-order valence-corrected chi connectivity index (χ4v) is 1.44. The molecule has 0 aliphatic carbocycles. The number of nitrogens with zero attached hydrogens (tertiary/aromatic N) is 1. The van der Waals surface area contributed by atoms with E-state index in [-0.39, 0.29) is 11.6 Å². The van der Waals surface area contributed by atoms with Crippen LogP contribution in [0.15, 0.2) is 33.9 Å². The van der Waals surface area contributed by atoms with E-state index < -0.39 is 11.2 Å². The number of H-pyrrole nitrogens is 2. The van der Waals surface area contributed by atoms with E-state index in [0.29, 0.717) is 13.0 Å². The van der Waals surface area contributed by atoms with Crippen LogP contribution in [0.1, 0.15) is 5.56 Å². The molecule has 6 nitrogen and oxygen atoms in total. The van der Waals surface area contributed by atoms with Crippen molar-refractivity contribution in [3.8, 4) is 0 Å². The number of aromatic amines is 2. The third-order valence-corrected chi connectivity index (χ3v) is 2.33. The summed E-state index contributed by atoms with van der Waals surface area (Å²) in [5.41, 5.74) is -0.285. The van der Waals surface area contributed by atoms with Gasteiger partial charge in [-0.15, -0.1) is 5.10 Å². The molecule has 0 unspecified atom stereocenters. The second-order valence-electron chi connectivity index (χ2n) is 3.66. The quantitative estimate of drug-likeness (QED) is 0.725. The van der Waals surface area contributed by atoms with E-state index in [2.05, 4.69) is 20.5 Å². The highest BCUT2D eigenvalue weighted by Crippen LogP contribution is 2.03. The van der Waals surface area contributed by atoms with Crippen LogP contribution in [0, 0.1) is 5.82 Å². The lowest BCUT2D eigenvalue weighted by Gasteiger charge is -2.03. The zero-order chi connectivity index (χ0) is 13.0. The number of rotatable bonds is 4. The van der Waals surface area contributed by atoms with Crippen molar-refractivity contribution in [2.45, 2.75) is 6.42 Å². The normalized spacial score (nSPS) is 10.3. The summed E-state index contributed by atoms with van der Waals surface area (Å²) in [6.07, 6.45) is 0.612. The van der Waals surface area contributed by atoms with E-state index in [9.17, 15) is 14.0 Å². The highest BCUT2D eigenvalue weighted by atomic mass is 19.1. The van der Waals surface area contributed by atoms with Gasteiger partial charge in [-0.3, -0.25) is 9.78 Å². The van der Waals surface area contributed by atoms with Gasteiger partial charge in [-0.05, 0) is 24.1 Å². The minimum absolute atomic E-state index is 0.0525. The van der Waals surface area contributed by atoms with Gasteiger partial charge in [-0.2, -0.15) is 0 Å². The Morgan fingerprint density at radius 2 is 1.94 bits per heavy atom. The standard InChI is InChI=1S/C11H11FN4O2/c12-8-3-1-7(2-4-8)5-6-13-9-10(17)14-11(18)16-15-9/h1-4H,5-6H2,(H,13,15)(H2,14,16,17,18). The lowest BCUT2D eigenvalue weighted by molar-refractivity contribution is 0.627. The highest BCUT2D eigenvalue weighted by molar-refractivity contribution is 5.29. The minimum Gasteiger partial charge on any atom is -0.364 e. The lowest BCUT2D eigenvalue weighted by Crippen LogP contribution is -2.27. The topological polar surface area (TPSA) is 90.6 Å². The Labute approximate surface area is 101 Å². The van der Waals surface area contributed by atoms with E-state index >= 15 is 0 Å². The monoisotopic (exact) mass is 250 g/mol. The highest BCUT2D eigenvalue weighted by Gasteiger charge is 2.01. The third-order valence-electron chi connectivity index (χ3n) is 2.33. The van der Waals surface area contributed by atoms with E-state index in [1.54, 1.807) is 12.1 Å². The maximum atomic E-state index is 12.7. The summed E-state index contributed by atoms with van der Waals surface area (Å²) in [5.74, 6) is -0.234. The Kier molecular flexibility index (Phi) is 3.52. The molecule has 94 valence electrons. The van der Waals surface area contributed by atoms with Crippen LogP contribution in [0.2, 0.25) is 0 Å². The van der Waals surface area contributed by atoms with Gasteiger partial charge in [-0.25, -0.2) is 14.3 Å². The van der Waals surface area contributed by atoms with Gasteiger partial charge in [-0.1, -0.05) is 12.1 Å². The summed E-state index contributed by atoms with van der Waals surface area (Å²) in [6, 6.07) is 6.09. The summed E-state index contributed by atoms with van der Waals surface area (Å²) in [7, 11) is 0. The van der Waals surface area contributed by atoms with Crippen LogP contribution in [0.5, 0.6) is 0 Å². The van der Waals surface area contributed by atoms with E-state index in [0.717, 1.165) is 5.56 Å². The number of hydrogen-bond acceptors (Lipinski definition) is 4. The molecule has 1 aromatic heterocycles. The molecule has 2 aromatic rings. The van der Waals surface area contributed by atoms with Gasteiger partial charge in [0.15, 0.2) is 0 Å². The van der Waals surface area contributed by atoms with Crippen molar-refractivity contribution in [1.82, 2.24) is 15.2 Å². The van der Waals surface area contributed by atoms with Gasteiger partial charge in [0.2, 0.25) is 5.82 Å². The summed E-state index contributed by atoms with van der Waals surface area (Å²) in [5, 5.41) is 8.48. The predicted molar refractivity (Wildman–Crippen MR) is 64.1 cm³/mol. The number of nitrogens with one attached hydrogen (secondary N) is 3. The molecule has 0 aliphatic rings. The molecular formula is C11H11FN4O2. The molecule has 0 fully saturated rings. The Morgan fingerprint density at radius 1 is 1.22 bits per heavy atom. The first-order valence-corrected chi connectivity index (χ1v) is 5.32. The Hall–Kier alpha value is -2.44. The van der Waals surface area contributed by atoms with Gasteiger partial charge in [0.25, 0.3) is 5.56 Å². The van der Waals surface area contributed by atoms with Crippen molar-refractivity contribution >= 4 is 5.82 Å². The predicted octanol–water partition coefficient (Wildman–Crippen LogP) is 0.252. The second-order valence-corrected chi connectivity index (χ2v) is 3.66. The lowest BCUT2D eigenvalue weighted by atomic mass is 10.1. The smallest absolute Gasteiger partial charge is 0.342 e. The fourth-order valence-electron chi connectivity index (χ4n) is 1.44. The second kappa shape index (κ2) is 5.26. The molecule has 7 heteroatoms. The molecule has 2 rings (SSSR count). The van der Waals surface area contributed by atoms with Crippen molar-refractivity contribution in [2.75, 3.05) is 11.9 Å². The minimum atomic E-state index is -0.649. The first-order chi connectivity index (χ1) is 8.65. The Morgan fingerprint density at radius 3 is 2.61 bits per heavy atom. The maximum Gasteiger partial charge on any atom is 0.342 e. The van der Waals surface area contributed by atoms with E-state index in [1.807, 2.05) is 0 Å².